The smallest absolute Gasteiger partial charge is 0.273 e. The van der Waals surface area contributed by atoms with Crippen LogP contribution in [0.3, 0.4) is 0 Å². The Balaban J connectivity index is 1.90. The first kappa shape index (κ1) is 19.8. The number of nitrogens with one attached hydrogen (secondary N) is 3. The van der Waals surface area contributed by atoms with Crippen molar-refractivity contribution >= 4 is 35.0 Å². The second kappa shape index (κ2) is 9.29. The lowest BCUT2D eigenvalue weighted by Gasteiger charge is -2.35. The molecule has 2 rings (SSSR count). The summed E-state index contributed by atoms with van der Waals surface area (Å²) in [6, 6.07) is 5.84. The number of ether oxygens (including phenoxy) is 1. The van der Waals surface area contributed by atoms with Gasteiger partial charge in [0.05, 0.1) is 12.7 Å². The van der Waals surface area contributed by atoms with Crippen LogP contribution in [0.25, 0.3) is 0 Å². The number of rotatable bonds is 4. The molecule has 0 aromatic heterocycles. The number of carbonyl (C=O) groups is 1. The summed E-state index contributed by atoms with van der Waals surface area (Å²) in [6.45, 7) is 4.53. The quantitative estimate of drug-likeness (QED) is 0.422. The molecule has 138 valence electrons. The van der Waals surface area contributed by atoms with E-state index >= 15 is 0 Å². The lowest BCUT2D eigenvalue weighted by molar-refractivity contribution is 0.0940. The molecule has 1 amide bonds. The Morgan fingerprint density at radius 2 is 2.04 bits per heavy atom. The molecule has 3 atom stereocenters. The van der Waals surface area contributed by atoms with E-state index in [0.29, 0.717) is 34.3 Å². The van der Waals surface area contributed by atoms with Gasteiger partial charge in [-0.2, -0.15) is 0 Å². The van der Waals surface area contributed by atoms with Crippen molar-refractivity contribution < 1.29 is 9.53 Å². The molecule has 0 aliphatic heterocycles. The molecule has 1 aliphatic carbocycles. The molecule has 0 radical (unpaired) electrons. The predicted molar refractivity (Wildman–Crippen MR) is 107 cm³/mol. The van der Waals surface area contributed by atoms with Crippen molar-refractivity contribution in [2.45, 2.75) is 44.0 Å². The van der Waals surface area contributed by atoms with Gasteiger partial charge in [-0.15, -0.1) is 11.8 Å². The summed E-state index contributed by atoms with van der Waals surface area (Å²) in [5, 5.41) is 3.77. The van der Waals surface area contributed by atoms with Crippen LogP contribution < -0.4 is 20.9 Å². The van der Waals surface area contributed by atoms with E-state index in [9.17, 15) is 4.79 Å². The average Bonchev–Trinajstić information content (AvgIpc) is 2.62. The van der Waals surface area contributed by atoms with Crippen molar-refractivity contribution in [1.29, 1.82) is 0 Å². The van der Waals surface area contributed by atoms with Gasteiger partial charge in [-0.3, -0.25) is 15.6 Å². The lowest BCUT2D eigenvalue weighted by Crippen LogP contribution is -2.52. The minimum absolute atomic E-state index is 0.279. The van der Waals surface area contributed by atoms with Crippen molar-refractivity contribution in [2.75, 3.05) is 13.4 Å². The van der Waals surface area contributed by atoms with Crippen LogP contribution in [0.15, 0.2) is 23.1 Å². The summed E-state index contributed by atoms with van der Waals surface area (Å²) in [6.07, 6.45) is 5.55. The predicted octanol–water partition coefficient (Wildman–Crippen LogP) is 3.35. The van der Waals surface area contributed by atoms with Gasteiger partial charge in [-0.1, -0.05) is 26.7 Å². The van der Waals surface area contributed by atoms with E-state index in [1.807, 2.05) is 18.4 Å². The summed E-state index contributed by atoms with van der Waals surface area (Å²) in [5.74, 6) is 1.50. The van der Waals surface area contributed by atoms with E-state index in [1.165, 1.54) is 12.8 Å². The van der Waals surface area contributed by atoms with Gasteiger partial charge in [0.2, 0.25) is 0 Å². The van der Waals surface area contributed by atoms with E-state index in [2.05, 4.69) is 30.0 Å². The van der Waals surface area contributed by atoms with E-state index in [1.54, 1.807) is 24.9 Å². The summed E-state index contributed by atoms with van der Waals surface area (Å²) < 4.78 is 5.31. The molecule has 25 heavy (non-hydrogen) atoms. The molecule has 1 fully saturated rings. The molecule has 1 aromatic carbocycles. The Hall–Kier alpha value is -1.47. The molecule has 0 spiro atoms. The van der Waals surface area contributed by atoms with Gasteiger partial charge < -0.3 is 10.1 Å². The number of amides is 1. The van der Waals surface area contributed by atoms with Crippen molar-refractivity contribution in [3.8, 4) is 5.75 Å². The molecule has 0 saturated heterocycles. The van der Waals surface area contributed by atoms with Gasteiger partial charge >= 0.3 is 0 Å². The summed E-state index contributed by atoms with van der Waals surface area (Å²) in [7, 11) is 1.56. The van der Waals surface area contributed by atoms with E-state index in [0.717, 1.165) is 11.3 Å². The topological polar surface area (TPSA) is 62.4 Å². The number of methoxy groups -OCH3 is 1. The van der Waals surface area contributed by atoms with Crippen LogP contribution >= 0.6 is 24.0 Å². The molecule has 0 unspecified atom stereocenters. The maximum Gasteiger partial charge on any atom is 0.273 e. The number of thioether (sulfide) groups is 1. The van der Waals surface area contributed by atoms with Gasteiger partial charge in [-0.25, -0.2) is 0 Å². The maximum atomic E-state index is 12.4. The Labute approximate surface area is 159 Å². The van der Waals surface area contributed by atoms with Crippen LogP contribution in [0, 0.1) is 11.8 Å². The standard InChI is InChI=1S/C18H27N3O2S2/c1-11-6-5-7-15(12(11)2)19-18(24)21-20-17(22)14-9-8-13(25-4)10-16(14)23-3/h8-12,15H,5-7H2,1-4H3,(H,20,22)(H2,19,21,24)/t11-,12+,15-/m0/s1. The molecule has 1 aromatic rings. The van der Waals surface area contributed by atoms with E-state index in [-0.39, 0.29) is 5.91 Å². The monoisotopic (exact) mass is 381 g/mol. The van der Waals surface area contributed by atoms with Gasteiger partial charge in [0.15, 0.2) is 5.11 Å². The highest BCUT2D eigenvalue weighted by atomic mass is 32.2. The first-order chi connectivity index (χ1) is 12.0. The number of hydrogen-bond acceptors (Lipinski definition) is 4. The number of thiocarbonyl (C=S) groups is 1. The van der Waals surface area contributed by atoms with Crippen LogP contribution in [0.5, 0.6) is 5.75 Å². The molecule has 3 N–H and O–H groups in total. The normalized spacial score (nSPS) is 22.8. The van der Waals surface area contributed by atoms with Crippen molar-refractivity contribution in [1.82, 2.24) is 16.2 Å². The van der Waals surface area contributed by atoms with Crippen LogP contribution in [0.2, 0.25) is 0 Å². The summed E-state index contributed by atoms with van der Waals surface area (Å²) >= 11 is 6.92. The lowest BCUT2D eigenvalue weighted by atomic mass is 9.78. The minimum atomic E-state index is -0.279. The summed E-state index contributed by atoms with van der Waals surface area (Å²) in [5.41, 5.74) is 5.92. The largest absolute Gasteiger partial charge is 0.496 e. The van der Waals surface area contributed by atoms with Crippen molar-refractivity contribution in [3.63, 3.8) is 0 Å². The van der Waals surface area contributed by atoms with Crippen molar-refractivity contribution in [2.24, 2.45) is 11.8 Å². The first-order valence-electron chi connectivity index (χ1n) is 8.55. The van der Waals surface area contributed by atoms with Gasteiger partial charge in [0.25, 0.3) is 5.91 Å². The van der Waals surface area contributed by atoms with Crippen LogP contribution in [0.4, 0.5) is 0 Å². The highest BCUT2D eigenvalue weighted by Crippen LogP contribution is 2.29. The number of hydrazine groups is 1. The Morgan fingerprint density at radius 3 is 2.72 bits per heavy atom. The average molecular weight is 382 g/mol. The minimum Gasteiger partial charge on any atom is -0.496 e. The molecule has 0 bridgehead atoms. The van der Waals surface area contributed by atoms with E-state index in [4.69, 9.17) is 17.0 Å². The fraction of sp³-hybridized carbons (Fsp3) is 0.556. The molecule has 5 nitrogen and oxygen atoms in total. The number of benzene rings is 1. The molecular weight excluding hydrogens is 354 g/mol. The number of hydrogen-bond donors (Lipinski definition) is 3. The van der Waals surface area contributed by atoms with Crippen molar-refractivity contribution in [3.05, 3.63) is 23.8 Å². The van der Waals surface area contributed by atoms with Crippen LogP contribution in [-0.2, 0) is 0 Å². The first-order valence-corrected chi connectivity index (χ1v) is 10.2. The SMILES string of the molecule is COc1cc(SC)ccc1C(=O)NNC(=S)N[C@H]1CCC[C@H](C)[C@H]1C. The van der Waals surface area contributed by atoms with E-state index < -0.39 is 0 Å². The molecule has 1 saturated carbocycles. The zero-order valence-electron chi connectivity index (χ0n) is 15.2. The Kier molecular flexibility index (Phi) is 7.38. The second-order valence-electron chi connectivity index (χ2n) is 6.49. The van der Waals surface area contributed by atoms with Gasteiger partial charge in [-0.05, 0) is 54.9 Å². The fourth-order valence-corrected chi connectivity index (χ4v) is 3.79. The fourth-order valence-electron chi connectivity index (χ4n) is 3.16. The zero-order chi connectivity index (χ0) is 18.4. The van der Waals surface area contributed by atoms with Gasteiger partial charge in [0, 0.05) is 10.9 Å². The van der Waals surface area contributed by atoms with Crippen LogP contribution in [-0.4, -0.2) is 30.4 Å². The third-order valence-electron chi connectivity index (χ3n) is 4.97. The Morgan fingerprint density at radius 1 is 1.28 bits per heavy atom. The molecular formula is C18H27N3O2S2. The Bertz CT molecular complexity index is 624. The molecule has 7 heteroatoms. The number of carbonyl (C=O) groups excluding carboxylic acids is 1. The van der Waals surface area contributed by atoms with Gasteiger partial charge in [0.1, 0.15) is 5.75 Å². The molecule has 1 aliphatic rings. The summed E-state index contributed by atoms with van der Waals surface area (Å²) in [4.78, 5) is 13.4. The third-order valence-corrected chi connectivity index (χ3v) is 5.91. The molecule has 0 heterocycles. The highest BCUT2D eigenvalue weighted by Gasteiger charge is 2.27. The second-order valence-corrected chi connectivity index (χ2v) is 7.78. The zero-order valence-corrected chi connectivity index (χ0v) is 16.9. The maximum absolute atomic E-state index is 12.4. The third kappa shape index (κ3) is 5.25. The van der Waals surface area contributed by atoms with Crippen LogP contribution in [0.1, 0.15) is 43.5 Å². The highest BCUT2D eigenvalue weighted by molar-refractivity contribution is 7.98.